The Morgan fingerprint density at radius 2 is 2.32 bits per heavy atom. The van der Waals surface area contributed by atoms with Crippen LogP contribution in [0, 0.1) is 5.92 Å². The molecule has 0 saturated carbocycles. The SMILES string of the molecule is COc1cccc2c1OC[C@@H](C(=O)NCC1=CCCCC1)C2. The number of nitrogens with one attached hydrogen (secondary N) is 1. The maximum atomic E-state index is 12.4. The molecule has 0 saturated heterocycles. The van der Waals surface area contributed by atoms with Gasteiger partial charge in [0, 0.05) is 6.54 Å². The number of carbonyl (C=O) groups is 1. The number of allylic oxidation sites excluding steroid dienone is 1. The Morgan fingerprint density at radius 1 is 1.41 bits per heavy atom. The van der Waals surface area contributed by atoms with E-state index in [9.17, 15) is 4.79 Å². The zero-order chi connectivity index (χ0) is 15.4. The molecule has 0 unspecified atom stereocenters. The third-order valence-corrected chi connectivity index (χ3v) is 4.42. The van der Waals surface area contributed by atoms with E-state index in [4.69, 9.17) is 9.47 Å². The molecule has 118 valence electrons. The molecule has 0 bridgehead atoms. The molecular formula is C18H23NO3. The van der Waals surface area contributed by atoms with Crippen LogP contribution in [-0.4, -0.2) is 26.2 Å². The highest BCUT2D eigenvalue weighted by molar-refractivity contribution is 5.80. The van der Waals surface area contributed by atoms with Crippen LogP contribution >= 0.6 is 0 Å². The van der Waals surface area contributed by atoms with E-state index in [2.05, 4.69) is 11.4 Å². The van der Waals surface area contributed by atoms with Gasteiger partial charge in [-0.15, -0.1) is 0 Å². The number of hydrogen-bond acceptors (Lipinski definition) is 3. The molecule has 4 nitrogen and oxygen atoms in total. The minimum atomic E-state index is -0.121. The van der Waals surface area contributed by atoms with Gasteiger partial charge in [-0.1, -0.05) is 23.8 Å². The summed E-state index contributed by atoms with van der Waals surface area (Å²) in [7, 11) is 1.63. The lowest BCUT2D eigenvalue weighted by Gasteiger charge is -2.26. The molecular weight excluding hydrogens is 278 g/mol. The first-order valence-corrected chi connectivity index (χ1v) is 8.02. The summed E-state index contributed by atoms with van der Waals surface area (Å²) in [5, 5.41) is 3.06. The summed E-state index contributed by atoms with van der Waals surface area (Å²) in [6.07, 6.45) is 7.74. The lowest BCUT2D eigenvalue weighted by Crippen LogP contribution is -2.38. The number of fused-ring (bicyclic) bond motifs is 1. The summed E-state index contributed by atoms with van der Waals surface area (Å²) in [6.45, 7) is 1.10. The summed E-state index contributed by atoms with van der Waals surface area (Å²) in [6, 6.07) is 5.82. The van der Waals surface area contributed by atoms with Crippen LogP contribution in [0.15, 0.2) is 29.8 Å². The third-order valence-electron chi connectivity index (χ3n) is 4.42. The van der Waals surface area contributed by atoms with Gasteiger partial charge in [-0.3, -0.25) is 4.79 Å². The molecule has 1 heterocycles. The molecule has 0 radical (unpaired) electrons. The van der Waals surface area contributed by atoms with Gasteiger partial charge in [-0.05, 0) is 43.7 Å². The van der Waals surface area contributed by atoms with Crippen LogP contribution in [0.5, 0.6) is 11.5 Å². The first kappa shape index (κ1) is 14.9. The maximum absolute atomic E-state index is 12.4. The summed E-state index contributed by atoms with van der Waals surface area (Å²) in [4.78, 5) is 12.4. The summed E-state index contributed by atoms with van der Waals surface area (Å²) in [5.74, 6) is 1.48. The van der Waals surface area contributed by atoms with E-state index in [1.54, 1.807) is 7.11 Å². The first-order chi connectivity index (χ1) is 10.8. The molecule has 1 amide bonds. The van der Waals surface area contributed by atoms with Crippen LogP contribution in [0.2, 0.25) is 0 Å². The third kappa shape index (κ3) is 3.26. The van der Waals surface area contributed by atoms with Crippen molar-refractivity contribution in [2.24, 2.45) is 5.92 Å². The van der Waals surface area contributed by atoms with Crippen LogP contribution in [-0.2, 0) is 11.2 Å². The van der Waals surface area contributed by atoms with Crippen molar-refractivity contribution in [2.75, 3.05) is 20.3 Å². The van der Waals surface area contributed by atoms with Gasteiger partial charge in [0.05, 0.1) is 13.0 Å². The normalized spacial score (nSPS) is 20.4. The Kier molecular flexibility index (Phi) is 4.66. The van der Waals surface area contributed by atoms with Crippen LogP contribution in [0.1, 0.15) is 31.2 Å². The highest BCUT2D eigenvalue weighted by Gasteiger charge is 2.27. The van der Waals surface area contributed by atoms with Gasteiger partial charge < -0.3 is 14.8 Å². The topological polar surface area (TPSA) is 47.6 Å². The number of benzene rings is 1. The molecule has 0 aromatic heterocycles. The van der Waals surface area contributed by atoms with E-state index >= 15 is 0 Å². The van der Waals surface area contributed by atoms with Crippen molar-refractivity contribution in [1.29, 1.82) is 0 Å². The molecule has 0 spiro atoms. The second kappa shape index (κ2) is 6.86. The number of amides is 1. The summed E-state index contributed by atoms with van der Waals surface area (Å²) >= 11 is 0. The number of hydrogen-bond donors (Lipinski definition) is 1. The van der Waals surface area contributed by atoms with Gasteiger partial charge in [0.1, 0.15) is 6.61 Å². The van der Waals surface area contributed by atoms with Crippen LogP contribution < -0.4 is 14.8 Å². The predicted molar refractivity (Wildman–Crippen MR) is 85.2 cm³/mol. The van der Waals surface area contributed by atoms with Gasteiger partial charge in [0.2, 0.25) is 5.91 Å². The Bertz CT molecular complexity index is 580. The fraction of sp³-hybridized carbons (Fsp3) is 0.500. The number of rotatable bonds is 4. The number of carbonyl (C=O) groups excluding carboxylic acids is 1. The van der Waals surface area contributed by atoms with E-state index in [-0.39, 0.29) is 11.8 Å². The van der Waals surface area contributed by atoms with Gasteiger partial charge in [-0.25, -0.2) is 0 Å². The Morgan fingerprint density at radius 3 is 3.09 bits per heavy atom. The molecule has 3 rings (SSSR count). The molecule has 1 aromatic rings. The molecule has 1 N–H and O–H groups in total. The molecule has 1 aliphatic heterocycles. The Labute approximate surface area is 131 Å². The average molecular weight is 301 g/mol. The molecule has 4 heteroatoms. The first-order valence-electron chi connectivity index (χ1n) is 8.02. The van der Waals surface area contributed by atoms with Crippen LogP contribution in [0.25, 0.3) is 0 Å². The van der Waals surface area contributed by atoms with Gasteiger partial charge in [0.25, 0.3) is 0 Å². The maximum Gasteiger partial charge on any atom is 0.227 e. The highest BCUT2D eigenvalue weighted by atomic mass is 16.5. The average Bonchev–Trinajstić information content (AvgIpc) is 2.59. The van der Waals surface area contributed by atoms with E-state index in [1.807, 2.05) is 18.2 Å². The van der Waals surface area contributed by atoms with Crippen LogP contribution in [0.3, 0.4) is 0 Å². The quantitative estimate of drug-likeness (QED) is 0.870. The number of para-hydroxylation sites is 1. The van der Waals surface area contributed by atoms with Crippen molar-refractivity contribution in [3.8, 4) is 11.5 Å². The molecule has 1 atom stereocenters. The lowest BCUT2D eigenvalue weighted by atomic mass is 9.95. The number of methoxy groups -OCH3 is 1. The van der Waals surface area contributed by atoms with E-state index in [1.165, 1.54) is 18.4 Å². The monoisotopic (exact) mass is 301 g/mol. The molecule has 0 fully saturated rings. The molecule has 1 aromatic carbocycles. The van der Waals surface area contributed by atoms with Crippen LogP contribution in [0.4, 0.5) is 0 Å². The fourth-order valence-electron chi connectivity index (χ4n) is 3.13. The largest absolute Gasteiger partial charge is 0.493 e. The fourth-order valence-corrected chi connectivity index (χ4v) is 3.13. The Balaban J connectivity index is 1.59. The van der Waals surface area contributed by atoms with Crippen molar-refractivity contribution in [1.82, 2.24) is 5.32 Å². The van der Waals surface area contributed by atoms with E-state index in [0.29, 0.717) is 19.6 Å². The van der Waals surface area contributed by atoms with E-state index in [0.717, 1.165) is 29.9 Å². The van der Waals surface area contributed by atoms with Crippen molar-refractivity contribution >= 4 is 5.91 Å². The second-order valence-electron chi connectivity index (χ2n) is 5.99. The molecule has 2 aliphatic rings. The molecule has 22 heavy (non-hydrogen) atoms. The zero-order valence-corrected chi connectivity index (χ0v) is 13.1. The van der Waals surface area contributed by atoms with Gasteiger partial charge in [0.15, 0.2) is 11.5 Å². The second-order valence-corrected chi connectivity index (χ2v) is 5.99. The number of ether oxygens (including phenoxy) is 2. The lowest BCUT2D eigenvalue weighted by molar-refractivity contribution is -0.126. The van der Waals surface area contributed by atoms with Crippen molar-refractivity contribution < 1.29 is 14.3 Å². The minimum absolute atomic E-state index is 0.0833. The Hall–Kier alpha value is -1.97. The smallest absolute Gasteiger partial charge is 0.227 e. The standard InChI is InChI=1S/C18H23NO3/c1-21-16-9-5-8-14-10-15(12-22-17(14)16)18(20)19-11-13-6-3-2-4-7-13/h5-6,8-9,15H,2-4,7,10-12H2,1H3,(H,19,20)/t15-/m0/s1. The van der Waals surface area contributed by atoms with E-state index < -0.39 is 0 Å². The van der Waals surface area contributed by atoms with Crippen molar-refractivity contribution in [2.45, 2.75) is 32.1 Å². The molecule has 1 aliphatic carbocycles. The summed E-state index contributed by atoms with van der Waals surface area (Å²) in [5.41, 5.74) is 2.40. The highest BCUT2D eigenvalue weighted by Crippen LogP contribution is 2.36. The van der Waals surface area contributed by atoms with Gasteiger partial charge in [-0.2, -0.15) is 0 Å². The predicted octanol–water partition coefficient (Wildman–Crippen LogP) is 2.86. The summed E-state index contributed by atoms with van der Waals surface area (Å²) < 4.78 is 11.1. The van der Waals surface area contributed by atoms with Crippen molar-refractivity contribution in [3.63, 3.8) is 0 Å². The minimum Gasteiger partial charge on any atom is -0.493 e. The van der Waals surface area contributed by atoms with Gasteiger partial charge >= 0.3 is 0 Å². The van der Waals surface area contributed by atoms with Crippen molar-refractivity contribution in [3.05, 3.63) is 35.4 Å². The zero-order valence-electron chi connectivity index (χ0n) is 13.1.